The van der Waals surface area contributed by atoms with E-state index >= 15 is 0 Å². The Balaban J connectivity index is 2.13. The van der Waals surface area contributed by atoms with Gasteiger partial charge in [0.2, 0.25) is 0 Å². The summed E-state index contributed by atoms with van der Waals surface area (Å²) in [6.07, 6.45) is 2.13. The molecule has 1 aliphatic heterocycles. The zero-order valence-corrected chi connectivity index (χ0v) is 14.0. The molecule has 0 fully saturated rings. The van der Waals surface area contributed by atoms with Crippen LogP contribution in [0.15, 0.2) is 23.9 Å². The maximum Gasteiger partial charge on any atom is 0.563 e. The second kappa shape index (κ2) is 5.32. The first-order valence-electron chi connectivity index (χ1n) is 7.50. The lowest BCUT2D eigenvalue weighted by atomic mass is 9.91. The lowest BCUT2D eigenvalue weighted by molar-refractivity contribution is 0.418. The Morgan fingerprint density at radius 3 is 1.68 bits per heavy atom. The molecule has 22 heavy (non-hydrogen) atoms. The number of allylic oxidation sites excluding steroid dienone is 1. The molecule has 1 aliphatic rings. The molecule has 0 atom stereocenters. The van der Waals surface area contributed by atoms with Crippen LogP contribution in [0.25, 0.3) is 0 Å². The third-order valence-corrected chi connectivity index (χ3v) is 3.86. The average Bonchev–Trinajstić information content (AvgIpc) is 3.02. The Kier molecular flexibility index (Phi) is 3.60. The van der Waals surface area contributed by atoms with Crippen molar-refractivity contribution in [1.29, 1.82) is 0 Å². The van der Waals surface area contributed by atoms with Crippen molar-refractivity contribution in [3.63, 3.8) is 0 Å². The SMILES string of the molecule is C[C]1C=C(C)N(B(n2nc(C)cc2C)n2nc(C)cc2C)N1. The van der Waals surface area contributed by atoms with E-state index in [1.807, 2.05) is 23.0 Å². The standard InChI is InChI=1S/C15H22BN6/c1-10-7-13(4)20(17-10)16(21-14(5)8-11(2)18-21)22-15(6)9-12(3)19-22/h7-9,17H,1-6H3. The van der Waals surface area contributed by atoms with Crippen LogP contribution in [-0.4, -0.2) is 31.4 Å². The van der Waals surface area contributed by atoms with Crippen LogP contribution in [-0.2, 0) is 0 Å². The van der Waals surface area contributed by atoms with Crippen molar-refractivity contribution in [2.45, 2.75) is 41.5 Å². The van der Waals surface area contributed by atoms with Gasteiger partial charge in [0.25, 0.3) is 0 Å². The number of nitrogens with zero attached hydrogens (tertiary/aromatic N) is 5. The molecule has 7 heteroatoms. The van der Waals surface area contributed by atoms with Crippen LogP contribution >= 0.6 is 0 Å². The molecule has 0 saturated heterocycles. The van der Waals surface area contributed by atoms with Gasteiger partial charge in [0, 0.05) is 17.1 Å². The average molecular weight is 297 g/mol. The molecular formula is C15H22BN6. The van der Waals surface area contributed by atoms with E-state index in [0.29, 0.717) is 0 Å². The fraction of sp³-hybridized carbons (Fsp3) is 0.400. The molecule has 3 heterocycles. The molecule has 1 radical (unpaired) electrons. The van der Waals surface area contributed by atoms with Crippen molar-refractivity contribution in [3.05, 3.63) is 52.7 Å². The van der Waals surface area contributed by atoms with E-state index in [-0.39, 0.29) is 7.12 Å². The summed E-state index contributed by atoms with van der Waals surface area (Å²) >= 11 is 0. The van der Waals surface area contributed by atoms with Gasteiger partial charge in [-0.15, -0.1) is 0 Å². The van der Waals surface area contributed by atoms with Gasteiger partial charge >= 0.3 is 7.12 Å². The minimum Gasteiger partial charge on any atom is -0.310 e. The number of hydrogen-bond acceptors (Lipinski definition) is 4. The maximum absolute atomic E-state index is 4.68. The Labute approximate surface area is 131 Å². The fourth-order valence-corrected chi connectivity index (χ4v) is 3.02. The van der Waals surface area contributed by atoms with Crippen molar-refractivity contribution in [3.8, 4) is 0 Å². The summed E-state index contributed by atoms with van der Waals surface area (Å²) < 4.78 is 4.02. The smallest absolute Gasteiger partial charge is 0.310 e. The van der Waals surface area contributed by atoms with E-state index in [2.05, 4.69) is 66.4 Å². The van der Waals surface area contributed by atoms with Gasteiger partial charge in [-0.05, 0) is 59.8 Å². The molecule has 115 valence electrons. The summed E-state index contributed by atoms with van der Waals surface area (Å²) in [6, 6.07) is 5.29. The second-order valence-corrected chi connectivity index (χ2v) is 6.04. The van der Waals surface area contributed by atoms with Gasteiger partial charge in [-0.1, -0.05) is 0 Å². The third-order valence-electron chi connectivity index (χ3n) is 3.86. The Bertz CT molecular complexity index is 682. The minimum atomic E-state index is -0.170. The number of nitrogens with one attached hydrogen (secondary N) is 1. The second-order valence-electron chi connectivity index (χ2n) is 6.04. The topological polar surface area (TPSA) is 50.9 Å². The van der Waals surface area contributed by atoms with Crippen LogP contribution in [0.2, 0.25) is 0 Å². The number of aromatic nitrogens is 4. The summed E-state index contributed by atoms with van der Waals surface area (Å²) in [5.74, 6) is 0. The minimum absolute atomic E-state index is 0.170. The van der Waals surface area contributed by atoms with Gasteiger partial charge in [0.1, 0.15) is 0 Å². The number of hydrazine groups is 1. The first kappa shape index (κ1) is 14.9. The molecular weight excluding hydrogens is 275 g/mol. The van der Waals surface area contributed by atoms with Gasteiger partial charge in [-0.3, -0.25) is 9.19 Å². The molecule has 2 aromatic rings. The summed E-state index contributed by atoms with van der Waals surface area (Å²) in [6.45, 7) is 12.3. The van der Waals surface area contributed by atoms with Gasteiger partial charge in [-0.25, -0.2) is 5.43 Å². The summed E-state index contributed by atoms with van der Waals surface area (Å²) in [5, 5.41) is 9.36. The zero-order valence-electron chi connectivity index (χ0n) is 14.0. The molecule has 0 spiro atoms. The first-order valence-corrected chi connectivity index (χ1v) is 7.50. The Morgan fingerprint density at radius 1 is 0.864 bits per heavy atom. The van der Waals surface area contributed by atoms with E-state index in [0.717, 1.165) is 34.5 Å². The Morgan fingerprint density at radius 2 is 1.36 bits per heavy atom. The van der Waals surface area contributed by atoms with Crippen molar-refractivity contribution < 1.29 is 0 Å². The van der Waals surface area contributed by atoms with Crippen LogP contribution < -0.4 is 5.43 Å². The lowest BCUT2D eigenvalue weighted by Gasteiger charge is -2.29. The summed E-state index contributed by atoms with van der Waals surface area (Å²) in [7, 11) is -0.170. The molecule has 1 N–H and O–H groups in total. The predicted octanol–water partition coefficient (Wildman–Crippen LogP) is 1.97. The van der Waals surface area contributed by atoms with Gasteiger partial charge in [0.05, 0.1) is 17.4 Å². The van der Waals surface area contributed by atoms with Crippen molar-refractivity contribution in [2.75, 3.05) is 0 Å². The third kappa shape index (κ3) is 2.45. The van der Waals surface area contributed by atoms with E-state index in [1.54, 1.807) is 0 Å². The predicted molar refractivity (Wildman–Crippen MR) is 87.6 cm³/mol. The molecule has 0 unspecified atom stereocenters. The van der Waals surface area contributed by atoms with Crippen LogP contribution in [0.1, 0.15) is 36.6 Å². The van der Waals surface area contributed by atoms with Crippen LogP contribution in [0.4, 0.5) is 0 Å². The van der Waals surface area contributed by atoms with Crippen molar-refractivity contribution in [1.82, 2.24) is 29.7 Å². The number of aryl methyl sites for hydroxylation is 4. The van der Waals surface area contributed by atoms with Crippen LogP contribution in [0, 0.1) is 33.7 Å². The van der Waals surface area contributed by atoms with E-state index in [4.69, 9.17) is 0 Å². The molecule has 0 aromatic carbocycles. The zero-order chi connectivity index (χ0) is 16.0. The number of rotatable bonds is 3. The molecule has 3 rings (SSSR count). The van der Waals surface area contributed by atoms with E-state index < -0.39 is 0 Å². The highest BCUT2D eigenvalue weighted by Crippen LogP contribution is 2.20. The highest BCUT2D eigenvalue weighted by atomic mass is 15.6. The molecule has 0 amide bonds. The van der Waals surface area contributed by atoms with Crippen LogP contribution in [0.3, 0.4) is 0 Å². The van der Waals surface area contributed by atoms with E-state index in [9.17, 15) is 0 Å². The molecule has 0 saturated carbocycles. The quantitative estimate of drug-likeness (QED) is 0.880. The highest BCUT2D eigenvalue weighted by Gasteiger charge is 2.37. The van der Waals surface area contributed by atoms with Gasteiger partial charge < -0.3 is 4.92 Å². The molecule has 0 bridgehead atoms. The molecule has 0 aliphatic carbocycles. The number of hydrogen-bond donors (Lipinski definition) is 1. The lowest BCUT2D eigenvalue weighted by Crippen LogP contribution is -2.55. The fourth-order valence-electron chi connectivity index (χ4n) is 3.02. The Hall–Kier alpha value is -2.02. The van der Waals surface area contributed by atoms with E-state index in [1.165, 1.54) is 0 Å². The first-order chi connectivity index (χ1) is 10.4. The van der Waals surface area contributed by atoms with Crippen LogP contribution in [0.5, 0.6) is 0 Å². The molecule has 2 aromatic heterocycles. The van der Waals surface area contributed by atoms with Crippen molar-refractivity contribution >= 4 is 7.12 Å². The van der Waals surface area contributed by atoms with Gasteiger partial charge in [0.15, 0.2) is 0 Å². The summed E-state index contributed by atoms with van der Waals surface area (Å²) in [5.41, 5.74) is 8.77. The summed E-state index contributed by atoms with van der Waals surface area (Å²) in [4.78, 5) is 2.11. The normalized spacial score (nSPS) is 15.5. The van der Waals surface area contributed by atoms with Gasteiger partial charge in [-0.2, -0.15) is 10.2 Å². The highest BCUT2D eigenvalue weighted by molar-refractivity contribution is 6.52. The molecule has 6 nitrogen and oxygen atoms in total. The largest absolute Gasteiger partial charge is 0.563 e. The monoisotopic (exact) mass is 297 g/mol. The van der Waals surface area contributed by atoms with Crippen molar-refractivity contribution in [2.24, 2.45) is 0 Å². The maximum atomic E-state index is 4.68.